The van der Waals surface area contributed by atoms with Crippen LogP contribution in [0.1, 0.15) is 82.6 Å². The highest BCUT2D eigenvalue weighted by Gasteiger charge is 2.39. The largest absolute Gasteiger partial charge is 0.573 e. The number of allylic oxidation sites excluding steroid dienone is 2. The summed E-state index contributed by atoms with van der Waals surface area (Å²) in [7, 11) is 0. The fourth-order valence-electron chi connectivity index (χ4n) is 6.72. The average Bonchev–Trinajstić information content (AvgIpc) is 2.74. The highest BCUT2D eigenvalue weighted by molar-refractivity contribution is 5.32. The van der Waals surface area contributed by atoms with Gasteiger partial charge in [-0.05, 0) is 124 Å². The number of halogens is 4. The summed E-state index contributed by atoms with van der Waals surface area (Å²) in [5, 5.41) is 0. The SMILES string of the molecule is C/C=C/C1CCC(C2CCC3CC(c4ccc(OC(F)(F)F)c(F)c4)CCC3C2)CC1. The number of alkyl halides is 3. The third kappa shape index (κ3) is 5.64. The molecule has 4 unspecified atom stereocenters. The lowest BCUT2D eigenvalue weighted by Crippen LogP contribution is -2.34. The predicted octanol–water partition coefficient (Wildman–Crippen LogP) is 8.41. The van der Waals surface area contributed by atoms with Crippen LogP contribution >= 0.6 is 0 Å². The van der Waals surface area contributed by atoms with Gasteiger partial charge in [0.1, 0.15) is 0 Å². The van der Waals surface area contributed by atoms with E-state index in [1.54, 1.807) is 6.07 Å². The van der Waals surface area contributed by atoms with Crippen molar-refractivity contribution in [3.63, 3.8) is 0 Å². The summed E-state index contributed by atoms with van der Waals surface area (Å²) in [6.45, 7) is 2.11. The van der Waals surface area contributed by atoms with E-state index in [9.17, 15) is 17.6 Å². The molecule has 31 heavy (non-hydrogen) atoms. The molecule has 0 N–H and O–H groups in total. The lowest BCUT2D eigenvalue weighted by molar-refractivity contribution is -0.275. The maximum Gasteiger partial charge on any atom is 0.573 e. The molecule has 0 heterocycles. The summed E-state index contributed by atoms with van der Waals surface area (Å²) in [4.78, 5) is 0. The van der Waals surface area contributed by atoms with Crippen molar-refractivity contribution in [1.82, 2.24) is 0 Å². The predicted molar refractivity (Wildman–Crippen MR) is 114 cm³/mol. The third-order valence-corrected chi connectivity index (χ3v) is 8.25. The zero-order valence-electron chi connectivity index (χ0n) is 18.3. The van der Waals surface area contributed by atoms with Crippen LogP contribution in [-0.4, -0.2) is 6.36 Å². The molecule has 172 valence electrons. The number of hydrogen-bond donors (Lipinski definition) is 0. The molecule has 0 spiro atoms. The molecular weight excluding hydrogens is 404 g/mol. The van der Waals surface area contributed by atoms with Gasteiger partial charge in [-0.15, -0.1) is 13.2 Å². The molecular formula is C26H34F4O. The second kappa shape index (κ2) is 9.54. The van der Waals surface area contributed by atoms with Crippen LogP contribution in [0.4, 0.5) is 17.6 Å². The Bertz CT molecular complexity index is 763. The zero-order chi connectivity index (χ0) is 22.0. The van der Waals surface area contributed by atoms with E-state index in [1.807, 2.05) is 0 Å². The molecule has 0 aliphatic heterocycles. The molecule has 3 aliphatic carbocycles. The molecule has 4 atom stereocenters. The molecule has 3 aliphatic rings. The van der Waals surface area contributed by atoms with Crippen LogP contribution in [0.25, 0.3) is 0 Å². The van der Waals surface area contributed by atoms with Gasteiger partial charge in [0.05, 0.1) is 0 Å². The van der Waals surface area contributed by atoms with Gasteiger partial charge >= 0.3 is 6.36 Å². The van der Waals surface area contributed by atoms with Crippen molar-refractivity contribution in [2.75, 3.05) is 0 Å². The van der Waals surface area contributed by atoms with E-state index in [-0.39, 0.29) is 5.92 Å². The quantitative estimate of drug-likeness (QED) is 0.339. The minimum absolute atomic E-state index is 0.239. The molecule has 0 saturated heterocycles. The number of rotatable bonds is 4. The first-order valence-electron chi connectivity index (χ1n) is 12.0. The summed E-state index contributed by atoms with van der Waals surface area (Å²) in [5.41, 5.74) is 0.815. The Kier molecular flexibility index (Phi) is 6.98. The van der Waals surface area contributed by atoms with Crippen LogP contribution in [0, 0.1) is 35.4 Å². The van der Waals surface area contributed by atoms with Crippen molar-refractivity contribution in [2.45, 2.75) is 83.4 Å². The molecule has 0 radical (unpaired) electrons. The van der Waals surface area contributed by atoms with Gasteiger partial charge in [-0.25, -0.2) is 4.39 Å². The van der Waals surface area contributed by atoms with Crippen LogP contribution in [0.3, 0.4) is 0 Å². The minimum atomic E-state index is -4.87. The maximum absolute atomic E-state index is 14.2. The van der Waals surface area contributed by atoms with Gasteiger partial charge in [-0.1, -0.05) is 18.2 Å². The van der Waals surface area contributed by atoms with Crippen molar-refractivity contribution in [3.05, 3.63) is 41.7 Å². The van der Waals surface area contributed by atoms with Crippen molar-refractivity contribution in [1.29, 1.82) is 0 Å². The van der Waals surface area contributed by atoms with Crippen LogP contribution < -0.4 is 4.74 Å². The standard InChI is InChI=1S/C26H34F4O/c1-2-3-17-4-6-18(7-5-17)19-8-9-21-15-22(11-10-20(21)14-19)23-12-13-25(24(27)16-23)31-26(28,29)30/h2-3,12-13,16-22H,4-11,14-15H2,1H3/b3-2+. The van der Waals surface area contributed by atoms with E-state index in [0.29, 0.717) is 5.92 Å². The first-order chi connectivity index (χ1) is 14.8. The molecule has 1 aromatic carbocycles. The fraction of sp³-hybridized carbons (Fsp3) is 0.692. The fourth-order valence-corrected chi connectivity index (χ4v) is 6.72. The van der Waals surface area contributed by atoms with Gasteiger partial charge in [0, 0.05) is 0 Å². The van der Waals surface area contributed by atoms with Crippen LogP contribution in [0.15, 0.2) is 30.4 Å². The first kappa shape index (κ1) is 22.7. The summed E-state index contributed by atoms with van der Waals surface area (Å²) >= 11 is 0. The number of ether oxygens (including phenoxy) is 1. The molecule has 3 fully saturated rings. The number of hydrogen-bond acceptors (Lipinski definition) is 1. The Morgan fingerprint density at radius 2 is 1.45 bits per heavy atom. The molecule has 1 nitrogen and oxygen atoms in total. The lowest BCUT2D eigenvalue weighted by Gasteiger charge is -2.45. The second-order valence-electron chi connectivity index (χ2n) is 10.0. The zero-order valence-corrected chi connectivity index (χ0v) is 18.3. The smallest absolute Gasteiger partial charge is 0.403 e. The van der Waals surface area contributed by atoms with E-state index in [4.69, 9.17) is 0 Å². The third-order valence-electron chi connectivity index (χ3n) is 8.25. The monoisotopic (exact) mass is 438 g/mol. The van der Waals surface area contributed by atoms with Gasteiger partial charge in [-0.2, -0.15) is 0 Å². The van der Waals surface area contributed by atoms with Crippen molar-refractivity contribution < 1.29 is 22.3 Å². The Balaban J connectivity index is 1.31. The molecule has 0 amide bonds. The van der Waals surface area contributed by atoms with Crippen molar-refractivity contribution in [3.8, 4) is 5.75 Å². The Morgan fingerprint density at radius 1 is 0.839 bits per heavy atom. The Hall–Kier alpha value is -1.52. The topological polar surface area (TPSA) is 9.23 Å². The molecule has 1 aromatic rings. The maximum atomic E-state index is 14.2. The molecule has 3 saturated carbocycles. The second-order valence-corrected chi connectivity index (χ2v) is 10.0. The molecule has 0 aromatic heterocycles. The summed E-state index contributed by atoms with van der Waals surface area (Å²) in [6.07, 6.45) is 12.2. The van der Waals surface area contributed by atoms with Gasteiger partial charge in [-0.3, -0.25) is 0 Å². The normalized spacial score (nSPS) is 34.5. The number of benzene rings is 1. The Labute approximate surface area is 183 Å². The first-order valence-corrected chi connectivity index (χ1v) is 12.0. The van der Waals surface area contributed by atoms with Gasteiger partial charge in [0.2, 0.25) is 0 Å². The Morgan fingerprint density at radius 3 is 2.10 bits per heavy atom. The molecule has 0 bridgehead atoms. The van der Waals surface area contributed by atoms with Crippen LogP contribution in [0.2, 0.25) is 0 Å². The summed E-state index contributed by atoms with van der Waals surface area (Å²) in [5.74, 6) is 2.54. The molecule has 5 heteroatoms. The number of fused-ring (bicyclic) bond motifs is 1. The van der Waals surface area contributed by atoms with E-state index < -0.39 is 17.9 Å². The van der Waals surface area contributed by atoms with Crippen LogP contribution in [-0.2, 0) is 0 Å². The van der Waals surface area contributed by atoms with Crippen molar-refractivity contribution in [2.24, 2.45) is 29.6 Å². The highest BCUT2D eigenvalue weighted by atomic mass is 19.4. The summed E-state index contributed by atoms with van der Waals surface area (Å²) in [6, 6.07) is 4.00. The van der Waals surface area contributed by atoms with Gasteiger partial charge in [0.15, 0.2) is 11.6 Å². The summed E-state index contributed by atoms with van der Waals surface area (Å²) < 4.78 is 55.1. The van der Waals surface area contributed by atoms with Crippen LogP contribution in [0.5, 0.6) is 5.75 Å². The van der Waals surface area contributed by atoms with E-state index in [2.05, 4.69) is 23.8 Å². The minimum Gasteiger partial charge on any atom is -0.403 e. The average molecular weight is 439 g/mol. The van der Waals surface area contributed by atoms with Crippen molar-refractivity contribution >= 4 is 0 Å². The van der Waals surface area contributed by atoms with E-state index >= 15 is 0 Å². The van der Waals surface area contributed by atoms with Gasteiger partial charge in [0.25, 0.3) is 0 Å². The lowest BCUT2D eigenvalue weighted by atomic mass is 9.60. The molecule has 4 rings (SSSR count). The van der Waals surface area contributed by atoms with E-state index in [0.717, 1.165) is 54.6 Å². The van der Waals surface area contributed by atoms with Gasteiger partial charge < -0.3 is 4.74 Å². The van der Waals surface area contributed by atoms with E-state index in [1.165, 1.54) is 51.0 Å². The highest BCUT2D eigenvalue weighted by Crippen LogP contribution is 2.51.